The Labute approximate surface area is 168 Å². The second kappa shape index (κ2) is 7.53. The van der Waals surface area contributed by atoms with Crippen molar-refractivity contribution < 1.29 is 9.53 Å². The maximum absolute atomic E-state index is 13.1. The van der Waals surface area contributed by atoms with E-state index in [2.05, 4.69) is 10.4 Å². The van der Waals surface area contributed by atoms with Crippen molar-refractivity contribution in [3.05, 3.63) is 57.9 Å². The number of ether oxygens (including phenoxy) is 1. The van der Waals surface area contributed by atoms with Gasteiger partial charge in [0.25, 0.3) is 5.91 Å². The Kier molecular flexibility index (Phi) is 5.08. The summed E-state index contributed by atoms with van der Waals surface area (Å²) in [6, 6.07) is 9.37. The van der Waals surface area contributed by atoms with Gasteiger partial charge in [-0.15, -0.1) is 0 Å². The summed E-state index contributed by atoms with van der Waals surface area (Å²) in [6.45, 7) is 2.27. The summed E-state index contributed by atoms with van der Waals surface area (Å²) in [5.74, 6) is 0.313. The maximum atomic E-state index is 13.1. The van der Waals surface area contributed by atoms with E-state index in [-0.39, 0.29) is 12.0 Å². The van der Waals surface area contributed by atoms with Crippen molar-refractivity contribution in [2.24, 2.45) is 7.05 Å². The lowest BCUT2D eigenvalue weighted by atomic mass is 10.1. The standard InChI is InChI=1S/C21H23ClN4O2/c1-12-19-16(10-17(13-4-5-13)24-20(19)26(2)25-12)21(27)23-11-18(28-3)14-6-8-15(22)9-7-14/h6-10,13,18H,4-5,11H2,1-3H3,(H,23,27)/t18-/m0/s1. The fourth-order valence-corrected chi connectivity index (χ4v) is 3.65. The fourth-order valence-electron chi connectivity index (χ4n) is 3.53. The normalized spacial score (nSPS) is 15.0. The van der Waals surface area contributed by atoms with Gasteiger partial charge in [0.2, 0.25) is 0 Å². The predicted octanol–water partition coefficient (Wildman–Crippen LogP) is 3.93. The van der Waals surface area contributed by atoms with E-state index in [1.807, 2.05) is 44.3 Å². The summed E-state index contributed by atoms with van der Waals surface area (Å²) in [5.41, 5.74) is 4.12. The van der Waals surface area contributed by atoms with Gasteiger partial charge in [0.1, 0.15) is 0 Å². The highest BCUT2D eigenvalue weighted by Crippen LogP contribution is 2.40. The summed E-state index contributed by atoms with van der Waals surface area (Å²) in [4.78, 5) is 17.8. The summed E-state index contributed by atoms with van der Waals surface area (Å²) in [7, 11) is 3.49. The molecule has 1 aromatic carbocycles. The monoisotopic (exact) mass is 398 g/mol. The Bertz CT molecular complexity index is 1030. The molecule has 7 heteroatoms. The van der Waals surface area contributed by atoms with Gasteiger partial charge in [-0.25, -0.2) is 4.98 Å². The Morgan fingerprint density at radius 3 is 2.71 bits per heavy atom. The second-order valence-corrected chi connectivity index (χ2v) is 7.70. The Morgan fingerprint density at radius 1 is 1.36 bits per heavy atom. The number of amides is 1. The van der Waals surface area contributed by atoms with Crippen LogP contribution in [0.2, 0.25) is 5.02 Å². The third-order valence-corrected chi connectivity index (χ3v) is 5.46. The van der Waals surface area contributed by atoms with Crippen LogP contribution in [0.15, 0.2) is 30.3 Å². The lowest BCUT2D eigenvalue weighted by molar-refractivity contribution is 0.0829. The van der Waals surface area contributed by atoms with Crippen LogP contribution in [0.1, 0.15) is 52.2 Å². The molecule has 28 heavy (non-hydrogen) atoms. The van der Waals surface area contributed by atoms with Crippen LogP contribution in [-0.2, 0) is 11.8 Å². The Hall–Kier alpha value is -2.44. The van der Waals surface area contributed by atoms with Crippen molar-refractivity contribution in [3.63, 3.8) is 0 Å². The highest BCUT2D eigenvalue weighted by molar-refractivity contribution is 6.30. The van der Waals surface area contributed by atoms with Gasteiger partial charge >= 0.3 is 0 Å². The molecular formula is C21H23ClN4O2. The van der Waals surface area contributed by atoms with Gasteiger partial charge in [-0.2, -0.15) is 5.10 Å². The van der Waals surface area contributed by atoms with Crippen molar-refractivity contribution in [3.8, 4) is 0 Å². The third kappa shape index (κ3) is 3.62. The van der Waals surface area contributed by atoms with Crippen LogP contribution in [0.25, 0.3) is 11.0 Å². The molecule has 2 heterocycles. The summed E-state index contributed by atoms with van der Waals surface area (Å²) < 4.78 is 7.31. The van der Waals surface area contributed by atoms with Gasteiger partial charge in [-0.05, 0) is 43.5 Å². The maximum Gasteiger partial charge on any atom is 0.252 e. The fraction of sp³-hybridized carbons (Fsp3) is 0.381. The lowest BCUT2D eigenvalue weighted by Crippen LogP contribution is -2.29. The summed E-state index contributed by atoms with van der Waals surface area (Å²) in [5, 5.41) is 8.95. The van der Waals surface area contributed by atoms with Gasteiger partial charge in [-0.3, -0.25) is 9.48 Å². The minimum absolute atomic E-state index is 0.138. The van der Waals surface area contributed by atoms with Gasteiger partial charge in [0.05, 0.1) is 22.7 Å². The molecule has 0 bridgehead atoms. The highest BCUT2D eigenvalue weighted by atomic mass is 35.5. The zero-order valence-corrected chi connectivity index (χ0v) is 17.0. The number of rotatable bonds is 6. The first-order valence-corrected chi connectivity index (χ1v) is 9.76. The van der Waals surface area contributed by atoms with E-state index in [1.54, 1.807) is 11.8 Å². The molecule has 0 spiro atoms. The molecule has 0 unspecified atom stereocenters. The molecule has 3 aromatic rings. The van der Waals surface area contributed by atoms with E-state index in [9.17, 15) is 4.79 Å². The molecule has 1 atom stereocenters. The number of carbonyl (C=O) groups is 1. The molecule has 1 N–H and O–H groups in total. The Balaban J connectivity index is 1.60. The molecule has 0 radical (unpaired) electrons. The molecule has 0 aliphatic heterocycles. The molecule has 1 saturated carbocycles. The van der Waals surface area contributed by atoms with Gasteiger partial charge < -0.3 is 10.1 Å². The quantitative estimate of drug-likeness (QED) is 0.683. The minimum atomic E-state index is -0.253. The zero-order chi connectivity index (χ0) is 19.8. The number of nitrogens with zero attached hydrogens (tertiary/aromatic N) is 3. The molecule has 1 amide bonds. The third-order valence-electron chi connectivity index (χ3n) is 5.20. The van der Waals surface area contributed by atoms with Gasteiger partial charge in [-0.1, -0.05) is 23.7 Å². The first-order chi connectivity index (χ1) is 13.5. The molecular weight excluding hydrogens is 376 g/mol. The van der Waals surface area contributed by atoms with Crippen LogP contribution in [0.5, 0.6) is 0 Å². The van der Waals surface area contributed by atoms with Crippen LogP contribution < -0.4 is 5.32 Å². The number of halogens is 1. The van der Waals surface area contributed by atoms with Crippen molar-refractivity contribution >= 4 is 28.5 Å². The first-order valence-electron chi connectivity index (χ1n) is 9.38. The number of hydrogen-bond donors (Lipinski definition) is 1. The molecule has 146 valence electrons. The van der Waals surface area contributed by atoms with E-state index in [1.165, 1.54) is 0 Å². The first kappa shape index (κ1) is 18.9. The number of hydrogen-bond acceptors (Lipinski definition) is 4. The van der Waals surface area contributed by atoms with Gasteiger partial charge in [0, 0.05) is 37.3 Å². The number of pyridine rings is 1. The van der Waals surface area contributed by atoms with Crippen LogP contribution in [0.4, 0.5) is 0 Å². The molecule has 1 aliphatic carbocycles. The van der Waals surface area contributed by atoms with E-state index in [0.717, 1.165) is 40.8 Å². The van der Waals surface area contributed by atoms with E-state index < -0.39 is 0 Å². The van der Waals surface area contributed by atoms with Gasteiger partial charge in [0.15, 0.2) is 5.65 Å². The van der Waals surface area contributed by atoms with E-state index in [4.69, 9.17) is 21.3 Å². The number of benzene rings is 1. The summed E-state index contributed by atoms with van der Waals surface area (Å²) in [6.07, 6.45) is 1.99. The van der Waals surface area contributed by atoms with E-state index in [0.29, 0.717) is 23.0 Å². The molecule has 0 saturated heterocycles. The lowest BCUT2D eigenvalue weighted by Gasteiger charge is -2.17. The van der Waals surface area contributed by atoms with Crippen molar-refractivity contribution in [1.82, 2.24) is 20.1 Å². The van der Waals surface area contributed by atoms with Crippen molar-refractivity contribution in [2.45, 2.75) is 31.8 Å². The molecule has 6 nitrogen and oxygen atoms in total. The Morgan fingerprint density at radius 2 is 2.07 bits per heavy atom. The van der Waals surface area contributed by atoms with Crippen LogP contribution >= 0.6 is 11.6 Å². The van der Waals surface area contributed by atoms with Crippen LogP contribution in [0, 0.1) is 6.92 Å². The number of aromatic nitrogens is 3. The van der Waals surface area contributed by atoms with Crippen molar-refractivity contribution in [1.29, 1.82) is 0 Å². The topological polar surface area (TPSA) is 69.0 Å². The largest absolute Gasteiger partial charge is 0.375 e. The molecule has 4 rings (SSSR count). The van der Waals surface area contributed by atoms with Crippen LogP contribution in [-0.4, -0.2) is 34.3 Å². The number of nitrogens with one attached hydrogen (secondary N) is 1. The zero-order valence-electron chi connectivity index (χ0n) is 16.2. The average molecular weight is 399 g/mol. The molecule has 1 aliphatic rings. The smallest absolute Gasteiger partial charge is 0.252 e. The van der Waals surface area contributed by atoms with E-state index >= 15 is 0 Å². The number of aryl methyl sites for hydroxylation is 2. The molecule has 1 fully saturated rings. The predicted molar refractivity (Wildman–Crippen MR) is 109 cm³/mol. The SMILES string of the molecule is CO[C@@H](CNC(=O)c1cc(C2CC2)nc2c1c(C)nn2C)c1ccc(Cl)cc1. The number of methoxy groups -OCH3 is 1. The van der Waals surface area contributed by atoms with Crippen LogP contribution in [0.3, 0.4) is 0 Å². The highest BCUT2D eigenvalue weighted by Gasteiger charge is 2.28. The minimum Gasteiger partial charge on any atom is -0.375 e. The number of fused-ring (bicyclic) bond motifs is 1. The molecule has 2 aromatic heterocycles. The number of carbonyl (C=O) groups excluding carboxylic acids is 1. The van der Waals surface area contributed by atoms with Crippen molar-refractivity contribution in [2.75, 3.05) is 13.7 Å². The second-order valence-electron chi connectivity index (χ2n) is 7.26. The summed E-state index contributed by atoms with van der Waals surface area (Å²) >= 11 is 5.96. The average Bonchev–Trinajstić information content (AvgIpc) is 3.49.